The molecule has 0 saturated heterocycles. The molecule has 0 atom stereocenters. The van der Waals surface area contributed by atoms with Gasteiger partial charge in [0.2, 0.25) is 0 Å². The van der Waals surface area contributed by atoms with Crippen LogP contribution in [-0.4, -0.2) is 20.2 Å². The predicted octanol–water partition coefficient (Wildman–Crippen LogP) is 4.00. The van der Waals surface area contributed by atoms with Gasteiger partial charge < -0.3 is 0 Å². The second-order valence-corrected chi connectivity index (χ2v) is 5.19. The third-order valence-corrected chi connectivity index (χ3v) is 3.72. The Balaban J connectivity index is 1.72. The first-order valence-corrected chi connectivity index (χ1v) is 7.41. The Labute approximate surface area is 134 Å². The van der Waals surface area contributed by atoms with E-state index in [2.05, 4.69) is 39.8 Å². The van der Waals surface area contributed by atoms with E-state index in [-0.39, 0.29) is 0 Å². The van der Waals surface area contributed by atoms with E-state index in [0.717, 1.165) is 17.1 Å². The molecule has 23 heavy (non-hydrogen) atoms. The summed E-state index contributed by atoms with van der Waals surface area (Å²) >= 11 is 0. The van der Waals surface area contributed by atoms with Gasteiger partial charge >= 0.3 is 0 Å². The van der Waals surface area contributed by atoms with E-state index < -0.39 is 0 Å². The van der Waals surface area contributed by atoms with Gasteiger partial charge in [-0.1, -0.05) is 72.8 Å². The van der Waals surface area contributed by atoms with Gasteiger partial charge in [0.1, 0.15) is 0 Å². The van der Waals surface area contributed by atoms with Gasteiger partial charge in [-0.25, -0.2) is 0 Å². The fourth-order valence-corrected chi connectivity index (χ4v) is 2.55. The third-order valence-electron chi connectivity index (χ3n) is 3.72. The van der Waals surface area contributed by atoms with Crippen molar-refractivity contribution >= 4 is 0 Å². The second kappa shape index (κ2) is 5.85. The van der Waals surface area contributed by atoms with E-state index in [4.69, 9.17) is 0 Å². The molecule has 4 nitrogen and oxygen atoms in total. The maximum Gasteiger partial charge on any atom is 0.187 e. The summed E-state index contributed by atoms with van der Waals surface area (Å²) in [4.78, 5) is 0. The molecule has 3 aromatic carbocycles. The minimum absolute atomic E-state index is 0.734. The smallest absolute Gasteiger partial charge is 0.187 e. The molecule has 0 saturated carbocycles. The summed E-state index contributed by atoms with van der Waals surface area (Å²) < 4.78 is 1.75. The zero-order valence-corrected chi connectivity index (χ0v) is 12.4. The first kappa shape index (κ1) is 13.4. The van der Waals surface area contributed by atoms with E-state index >= 15 is 0 Å². The molecule has 0 aliphatic rings. The van der Waals surface area contributed by atoms with Crippen LogP contribution in [0.4, 0.5) is 0 Å². The van der Waals surface area contributed by atoms with Crippen molar-refractivity contribution in [3.8, 4) is 28.2 Å². The summed E-state index contributed by atoms with van der Waals surface area (Å²) in [5, 5.41) is 12.1. The van der Waals surface area contributed by atoms with Crippen LogP contribution in [0.25, 0.3) is 28.2 Å². The molecule has 1 heterocycles. The summed E-state index contributed by atoms with van der Waals surface area (Å²) in [5.74, 6) is 0.734. The highest BCUT2D eigenvalue weighted by Crippen LogP contribution is 2.23. The highest BCUT2D eigenvalue weighted by molar-refractivity contribution is 5.65. The highest BCUT2D eigenvalue weighted by atomic mass is 15.5. The van der Waals surface area contributed by atoms with Gasteiger partial charge in [0.15, 0.2) is 5.82 Å². The van der Waals surface area contributed by atoms with Crippen molar-refractivity contribution in [1.29, 1.82) is 0 Å². The number of benzene rings is 3. The number of hydrogen-bond donors (Lipinski definition) is 0. The van der Waals surface area contributed by atoms with Crippen molar-refractivity contribution in [2.45, 2.75) is 0 Å². The van der Waals surface area contributed by atoms with Gasteiger partial charge in [0, 0.05) is 5.56 Å². The van der Waals surface area contributed by atoms with E-state index in [1.54, 1.807) is 4.68 Å². The lowest BCUT2D eigenvalue weighted by Crippen LogP contribution is -1.99. The Morgan fingerprint density at radius 2 is 1.13 bits per heavy atom. The van der Waals surface area contributed by atoms with Crippen LogP contribution in [0.5, 0.6) is 0 Å². The van der Waals surface area contributed by atoms with Gasteiger partial charge in [-0.15, -0.1) is 5.10 Å². The van der Waals surface area contributed by atoms with E-state index in [1.807, 2.05) is 60.7 Å². The van der Waals surface area contributed by atoms with Crippen molar-refractivity contribution in [2.24, 2.45) is 0 Å². The molecule has 0 aliphatic carbocycles. The summed E-state index contributed by atoms with van der Waals surface area (Å²) in [6, 6.07) is 28.5. The van der Waals surface area contributed by atoms with Crippen LogP contribution in [0.3, 0.4) is 0 Å². The van der Waals surface area contributed by atoms with Crippen molar-refractivity contribution < 1.29 is 0 Å². The average Bonchev–Trinajstić information content (AvgIpc) is 3.13. The Morgan fingerprint density at radius 1 is 0.565 bits per heavy atom. The van der Waals surface area contributed by atoms with Crippen LogP contribution in [0.2, 0.25) is 0 Å². The number of tetrazole rings is 1. The molecule has 4 rings (SSSR count). The first-order chi connectivity index (χ1) is 11.4. The minimum atomic E-state index is 0.734. The average molecular weight is 298 g/mol. The Hall–Kier alpha value is -3.27. The lowest BCUT2D eigenvalue weighted by molar-refractivity contribution is 0.791. The van der Waals surface area contributed by atoms with Gasteiger partial charge in [-0.3, -0.25) is 0 Å². The summed E-state index contributed by atoms with van der Waals surface area (Å²) in [6.07, 6.45) is 0. The Kier molecular flexibility index (Phi) is 3.41. The lowest BCUT2D eigenvalue weighted by atomic mass is 10.1. The largest absolute Gasteiger partial charge is 0.193 e. The molecule has 0 bridgehead atoms. The molecule has 0 unspecified atom stereocenters. The van der Waals surface area contributed by atoms with Crippen molar-refractivity contribution in [3.63, 3.8) is 0 Å². The zero-order chi connectivity index (χ0) is 15.5. The quantitative estimate of drug-likeness (QED) is 0.574. The molecule has 4 heteroatoms. The van der Waals surface area contributed by atoms with Gasteiger partial charge in [0.25, 0.3) is 0 Å². The highest BCUT2D eigenvalue weighted by Gasteiger charge is 2.10. The van der Waals surface area contributed by atoms with E-state index in [0.29, 0.717) is 0 Å². The van der Waals surface area contributed by atoms with Gasteiger partial charge in [0.05, 0.1) is 5.69 Å². The molecule has 0 fully saturated rings. The van der Waals surface area contributed by atoms with E-state index in [9.17, 15) is 0 Å². The number of hydrogen-bond acceptors (Lipinski definition) is 3. The zero-order valence-electron chi connectivity index (χ0n) is 12.4. The topological polar surface area (TPSA) is 43.6 Å². The lowest BCUT2D eigenvalue weighted by Gasteiger charge is -2.06. The van der Waals surface area contributed by atoms with E-state index in [1.165, 1.54) is 11.1 Å². The predicted molar refractivity (Wildman–Crippen MR) is 90.0 cm³/mol. The first-order valence-electron chi connectivity index (χ1n) is 7.41. The van der Waals surface area contributed by atoms with Crippen LogP contribution in [0, 0.1) is 0 Å². The molecule has 0 spiro atoms. The van der Waals surface area contributed by atoms with Crippen LogP contribution in [-0.2, 0) is 0 Å². The summed E-state index contributed by atoms with van der Waals surface area (Å²) in [6.45, 7) is 0. The Bertz CT molecular complexity index is 897. The van der Waals surface area contributed by atoms with Crippen LogP contribution >= 0.6 is 0 Å². The second-order valence-electron chi connectivity index (χ2n) is 5.19. The van der Waals surface area contributed by atoms with Crippen LogP contribution in [0.15, 0.2) is 84.9 Å². The molecule has 4 aromatic rings. The SMILES string of the molecule is c1ccc(-c2ccc(-n3nnnc3-c3ccccc3)cc2)cc1. The molecule has 0 amide bonds. The molecule has 110 valence electrons. The number of rotatable bonds is 3. The fourth-order valence-electron chi connectivity index (χ4n) is 2.55. The molecule has 0 radical (unpaired) electrons. The standard InChI is InChI=1S/C19H14N4/c1-3-7-15(8-4-1)16-11-13-18(14-12-16)23-19(20-21-22-23)17-9-5-2-6-10-17/h1-14H. The monoisotopic (exact) mass is 298 g/mol. The molecular weight excluding hydrogens is 284 g/mol. The van der Waals surface area contributed by atoms with Gasteiger partial charge in [-0.2, -0.15) is 4.68 Å². The summed E-state index contributed by atoms with van der Waals surface area (Å²) in [7, 11) is 0. The van der Waals surface area contributed by atoms with Crippen molar-refractivity contribution in [2.75, 3.05) is 0 Å². The van der Waals surface area contributed by atoms with Gasteiger partial charge in [-0.05, 0) is 33.7 Å². The molecule has 0 aliphatic heterocycles. The molecule has 1 aromatic heterocycles. The normalized spacial score (nSPS) is 10.6. The van der Waals surface area contributed by atoms with Crippen molar-refractivity contribution in [3.05, 3.63) is 84.9 Å². The summed E-state index contributed by atoms with van der Waals surface area (Å²) in [5.41, 5.74) is 4.29. The molecular formula is C19H14N4. The minimum Gasteiger partial charge on any atom is -0.193 e. The van der Waals surface area contributed by atoms with Crippen LogP contribution in [0.1, 0.15) is 0 Å². The number of aromatic nitrogens is 4. The maximum atomic E-state index is 4.15. The van der Waals surface area contributed by atoms with Crippen molar-refractivity contribution in [1.82, 2.24) is 20.2 Å². The van der Waals surface area contributed by atoms with Crippen LogP contribution < -0.4 is 0 Å². The maximum absolute atomic E-state index is 4.15. The Morgan fingerprint density at radius 3 is 1.78 bits per heavy atom. The number of nitrogens with zero attached hydrogens (tertiary/aromatic N) is 4. The third kappa shape index (κ3) is 2.62. The fraction of sp³-hybridized carbons (Fsp3) is 0. The molecule has 0 N–H and O–H groups in total.